The predicted molar refractivity (Wildman–Crippen MR) is 59.7 cm³/mol. The highest BCUT2D eigenvalue weighted by atomic mass is 14.7. The first-order chi connectivity index (χ1) is 6.31. The summed E-state index contributed by atoms with van der Waals surface area (Å²) in [5, 5.41) is 1.26. The first kappa shape index (κ1) is 8.11. The van der Waals surface area contributed by atoms with Gasteiger partial charge in [0.25, 0.3) is 0 Å². The number of hydrogen-bond donors (Lipinski definition) is 1. The molecule has 2 rings (SSSR count). The summed E-state index contributed by atoms with van der Waals surface area (Å²) in [6.07, 6.45) is 2.97. The number of fused-ring (bicyclic) bond motifs is 1. The molecule has 0 radical (unpaired) electrons. The Kier molecular flexibility index (Phi) is 1.93. The van der Waals surface area contributed by atoms with Crippen LogP contribution in [0, 0.1) is 0 Å². The Morgan fingerprint density at radius 3 is 3.08 bits per heavy atom. The number of allylic oxidation sites excluding steroid dienone is 1. The first-order valence-corrected chi connectivity index (χ1v) is 4.56. The average molecular weight is 173 g/mol. The van der Waals surface area contributed by atoms with Crippen LogP contribution in [0.2, 0.25) is 0 Å². The van der Waals surface area contributed by atoms with Crippen LogP contribution in [-0.4, -0.2) is 4.98 Å². The van der Waals surface area contributed by atoms with E-state index < -0.39 is 0 Å². The van der Waals surface area contributed by atoms with Crippen molar-refractivity contribution in [3.05, 3.63) is 42.6 Å². The van der Waals surface area contributed by atoms with Gasteiger partial charge in [0.1, 0.15) is 0 Å². The van der Waals surface area contributed by atoms with Crippen LogP contribution in [-0.2, 0) is 0 Å². The zero-order chi connectivity index (χ0) is 9.26. The van der Waals surface area contributed by atoms with Gasteiger partial charge < -0.3 is 4.98 Å². The number of aromatic nitrogens is 1. The first-order valence-electron chi connectivity index (χ1n) is 4.56. The Bertz CT molecular complexity index is 442. The normalized spacial score (nSPS) is 10.5. The summed E-state index contributed by atoms with van der Waals surface area (Å²) >= 11 is 0. The molecule has 2 aromatic rings. The van der Waals surface area contributed by atoms with Gasteiger partial charge in [0.05, 0.1) is 0 Å². The van der Waals surface area contributed by atoms with Crippen molar-refractivity contribution in [2.45, 2.75) is 13.3 Å². The molecule has 0 saturated carbocycles. The van der Waals surface area contributed by atoms with E-state index >= 15 is 0 Å². The Morgan fingerprint density at radius 1 is 1.46 bits per heavy atom. The zero-order valence-electron chi connectivity index (χ0n) is 7.80. The van der Waals surface area contributed by atoms with Crippen LogP contribution in [0.3, 0.4) is 0 Å². The van der Waals surface area contributed by atoms with E-state index in [1.165, 1.54) is 22.0 Å². The van der Waals surface area contributed by atoms with E-state index in [2.05, 4.69) is 42.8 Å². The smallest absolute Gasteiger partial charge is 0.0460 e. The van der Waals surface area contributed by atoms with Gasteiger partial charge in [0.2, 0.25) is 0 Å². The second-order valence-corrected chi connectivity index (χ2v) is 3.24. The minimum absolute atomic E-state index is 0. The third-order valence-electron chi connectivity index (χ3n) is 2.39. The van der Waals surface area contributed by atoms with Crippen LogP contribution in [0.4, 0.5) is 0 Å². The largest absolute Gasteiger partial charge is 0.361 e. The lowest BCUT2D eigenvalue weighted by atomic mass is 10.0. The van der Waals surface area contributed by atoms with Gasteiger partial charge in [0.15, 0.2) is 0 Å². The fourth-order valence-electron chi connectivity index (χ4n) is 1.47. The van der Waals surface area contributed by atoms with Crippen LogP contribution < -0.4 is 0 Å². The molecule has 0 aliphatic rings. The van der Waals surface area contributed by atoms with Crippen molar-refractivity contribution in [3.8, 4) is 0 Å². The summed E-state index contributed by atoms with van der Waals surface area (Å²) in [5.41, 5.74) is 3.61. The van der Waals surface area contributed by atoms with Crippen LogP contribution in [0.1, 0.15) is 20.3 Å². The minimum atomic E-state index is 0. The summed E-state index contributed by atoms with van der Waals surface area (Å²) < 4.78 is 0. The van der Waals surface area contributed by atoms with Gasteiger partial charge in [0, 0.05) is 13.1 Å². The van der Waals surface area contributed by atoms with E-state index in [1.807, 2.05) is 6.20 Å². The zero-order valence-corrected chi connectivity index (χ0v) is 7.80. The van der Waals surface area contributed by atoms with Crippen LogP contribution in [0.15, 0.2) is 37.0 Å². The molecule has 0 saturated heterocycles. The van der Waals surface area contributed by atoms with E-state index in [4.69, 9.17) is 0 Å². The molecular formula is C12H15N. The number of aromatic amines is 1. The molecule has 13 heavy (non-hydrogen) atoms. The lowest BCUT2D eigenvalue weighted by Crippen LogP contribution is -1.80. The number of benzene rings is 1. The Balaban J connectivity index is 0.000000980. The van der Waals surface area contributed by atoms with E-state index in [0.717, 1.165) is 6.42 Å². The van der Waals surface area contributed by atoms with Crippen molar-refractivity contribution in [1.29, 1.82) is 0 Å². The molecule has 1 aromatic carbocycles. The van der Waals surface area contributed by atoms with Crippen LogP contribution in [0.5, 0.6) is 0 Å². The summed E-state index contributed by atoms with van der Waals surface area (Å²) in [5.74, 6) is 0. The standard InChI is InChI=1S/C12H13N.H2/c1-3-9(2)11-5-4-10-6-7-13-12(10)8-11;/h4-8,13H,2-3H2,1H3;1H. The number of hydrogen-bond acceptors (Lipinski definition) is 0. The number of nitrogens with one attached hydrogen (secondary N) is 1. The van der Waals surface area contributed by atoms with Crippen LogP contribution in [0.25, 0.3) is 16.5 Å². The lowest BCUT2D eigenvalue weighted by Gasteiger charge is -2.01. The Morgan fingerprint density at radius 2 is 2.31 bits per heavy atom. The molecule has 0 amide bonds. The molecule has 0 unspecified atom stereocenters. The van der Waals surface area contributed by atoms with Crippen molar-refractivity contribution in [2.75, 3.05) is 0 Å². The van der Waals surface area contributed by atoms with Gasteiger partial charge in [-0.05, 0) is 35.1 Å². The average Bonchev–Trinajstić information content (AvgIpc) is 2.63. The third kappa shape index (κ3) is 1.37. The van der Waals surface area contributed by atoms with Gasteiger partial charge >= 0.3 is 0 Å². The van der Waals surface area contributed by atoms with Gasteiger partial charge in [-0.3, -0.25) is 0 Å². The summed E-state index contributed by atoms with van der Waals surface area (Å²) in [6.45, 7) is 6.15. The molecule has 0 aliphatic carbocycles. The maximum atomic E-state index is 4.02. The molecule has 1 heteroatoms. The Labute approximate surface area is 79.6 Å². The van der Waals surface area contributed by atoms with E-state index in [0.29, 0.717) is 0 Å². The third-order valence-corrected chi connectivity index (χ3v) is 2.39. The summed E-state index contributed by atoms with van der Waals surface area (Å²) in [4.78, 5) is 3.20. The van der Waals surface area contributed by atoms with Gasteiger partial charge in [-0.25, -0.2) is 0 Å². The van der Waals surface area contributed by atoms with Crippen molar-refractivity contribution in [2.24, 2.45) is 0 Å². The van der Waals surface area contributed by atoms with Crippen molar-refractivity contribution >= 4 is 16.5 Å². The van der Waals surface area contributed by atoms with E-state index in [-0.39, 0.29) is 1.43 Å². The molecule has 0 aliphatic heterocycles. The molecule has 0 fully saturated rings. The highest BCUT2D eigenvalue weighted by molar-refractivity contribution is 5.83. The predicted octanol–water partition coefficient (Wildman–Crippen LogP) is 3.84. The fraction of sp³-hybridized carbons (Fsp3) is 0.167. The quantitative estimate of drug-likeness (QED) is 0.710. The van der Waals surface area contributed by atoms with E-state index in [1.54, 1.807) is 0 Å². The fourth-order valence-corrected chi connectivity index (χ4v) is 1.47. The second-order valence-electron chi connectivity index (χ2n) is 3.24. The Hall–Kier alpha value is -1.50. The van der Waals surface area contributed by atoms with E-state index in [9.17, 15) is 0 Å². The minimum Gasteiger partial charge on any atom is -0.361 e. The second kappa shape index (κ2) is 3.09. The van der Waals surface area contributed by atoms with Crippen molar-refractivity contribution < 1.29 is 1.43 Å². The molecule has 0 bridgehead atoms. The molecule has 1 aromatic heterocycles. The molecule has 0 atom stereocenters. The molecule has 1 heterocycles. The van der Waals surface area contributed by atoms with Gasteiger partial charge in [-0.15, -0.1) is 0 Å². The topological polar surface area (TPSA) is 15.8 Å². The van der Waals surface area contributed by atoms with Gasteiger partial charge in [-0.1, -0.05) is 25.6 Å². The summed E-state index contributed by atoms with van der Waals surface area (Å²) in [7, 11) is 0. The number of rotatable bonds is 2. The highest BCUT2D eigenvalue weighted by Gasteiger charge is 1.98. The molecular weight excluding hydrogens is 158 g/mol. The number of H-pyrrole nitrogens is 1. The van der Waals surface area contributed by atoms with Crippen LogP contribution >= 0.6 is 0 Å². The van der Waals surface area contributed by atoms with Crippen molar-refractivity contribution in [1.82, 2.24) is 4.98 Å². The maximum Gasteiger partial charge on any atom is 0.0460 e. The molecule has 0 spiro atoms. The summed E-state index contributed by atoms with van der Waals surface area (Å²) in [6, 6.07) is 8.49. The maximum absolute atomic E-state index is 4.02. The SMILES string of the molecule is C=C(CC)c1ccc2cc[nH]c2c1.[HH]. The highest BCUT2D eigenvalue weighted by Crippen LogP contribution is 2.20. The molecule has 1 N–H and O–H groups in total. The molecule has 1 nitrogen and oxygen atoms in total. The monoisotopic (exact) mass is 173 g/mol. The lowest BCUT2D eigenvalue weighted by molar-refractivity contribution is 1.25. The van der Waals surface area contributed by atoms with Gasteiger partial charge in [-0.2, -0.15) is 0 Å². The van der Waals surface area contributed by atoms with Crippen molar-refractivity contribution in [3.63, 3.8) is 0 Å². The molecule has 68 valence electrons.